The van der Waals surface area contributed by atoms with Gasteiger partial charge in [-0.05, 0) is 20.3 Å². The number of rotatable bonds is 6. The van der Waals surface area contributed by atoms with Gasteiger partial charge in [0.2, 0.25) is 0 Å². The summed E-state index contributed by atoms with van der Waals surface area (Å²) in [6, 6.07) is 1.11. The molecule has 0 aliphatic carbocycles. The maximum atomic E-state index is 11.9. The Morgan fingerprint density at radius 3 is 2.50 bits per heavy atom. The van der Waals surface area contributed by atoms with Crippen LogP contribution in [0, 0.1) is 0 Å². The average Bonchev–Trinajstić information content (AvgIpc) is 2.87. The quantitative estimate of drug-likeness (QED) is 0.320. The molecule has 3 atom stereocenters. The zero-order valence-electron chi connectivity index (χ0n) is 14.0. The Morgan fingerprint density at radius 2 is 1.95 bits per heavy atom. The van der Waals surface area contributed by atoms with Gasteiger partial charge in [0.25, 0.3) is 5.78 Å². The van der Waals surface area contributed by atoms with E-state index in [1.807, 2.05) is 0 Å². The molecular formula is C15H26O6Si. The summed E-state index contributed by atoms with van der Waals surface area (Å²) in [5.41, 5.74) is 0. The first kappa shape index (κ1) is 17.6. The third kappa shape index (κ3) is 4.38. The van der Waals surface area contributed by atoms with Gasteiger partial charge in [-0.2, -0.15) is 0 Å². The Bertz CT molecular complexity index is 442. The highest BCUT2D eigenvalue weighted by Gasteiger charge is 2.52. The number of Topliss-reactive ketones (excluding diaryl/α,β-unsaturated/α-hetero) is 1. The highest BCUT2D eigenvalue weighted by Crippen LogP contribution is 2.30. The number of ether oxygens (including phenoxy) is 4. The van der Waals surface area contributed by atoms with Crippen LogP contribution < -0.4 is 0 Å². The van der Waals surface area contributed by atoms with Crippen LogP contribution in [0.15, 0.2) is 0 Å². The molecule has 7 heteroatoms. The van der Waals surface area contributed by atoms with E-state index in [1.54, 1.807) is 13.8 Å². The lowest BCUT2D eigenvalue weighted by Crippen LogP contribution is -2.41. The smallest absolute Gasteiger partial charge is 0.378 e. The van der Waals surface area contributed by atoms with E-state index in [-0.39, 0.29) is 6.61 Å². The largest absolute Gasteiger partial charge is 0.450 e. The molecular weight excluding hydrogens is 304 g/mol. The Hall–Kier alpha value is -0.763. The summed E-state index contributed by atoms with van der Waals surface area (Å²) >= 11 is 0. The first-order valence-corrected chi connectivity index (χ1v) is 11.5. The normalized spacial score (nSPS) is 31.6. The molecule has 0 bridgehead atoms. The van der Waals surface area contributed by atoms with Crippen molar-refractivity contribution in [3.8, 4) is 0 Å². The average molecular weight is 330 g/mol. The molecule has 0 amide bonds. The molecule has 2 saturated heterocycles. The molecule has 0 spiro atoms. The van der Waals surface area contributed by atoms with Crippen molar-refractivity contribution in [2.24, 2.45) is 0 Å². The maximum absolute atomic E-state index is 11.9. The number of hydrogen-bond acceptors (Lipinski definition) is 6. The standard InChI is InChI=1S/C15H26O6Si/c1-15(2)19-9-10(21-15)12-13(11(16)14(17)20-12)18-7-6-8-22(3,4)5/h10,12-13H,6-9H2,1-5H3. The van der Waals surface area contributed by atoms with Crippen LogP contribution >= 0.6 is 0 Å². The van der Waals surface area contributed by atoms with Crippen LogP contribution in [-0.2, 0) is 28.5 Å². The zero-order valence-corrected chi connectivity index (χ0v) is 15.0. The molecule has 3 unspecified atom stereocenters. The Balaban J connectivity index is 1.91. The molecule has 2 aliphatic rings. The van der Waals surface area contributed by atoms with Gasteiger partial charge in [-0.3, -0.25) is 4.79 Å². The van der Waals surface area contributed by atoms with Crippen LogP contribution in [0.5, 0.6) is 0 Å². The Morgan fingerprint density at radius 1 is 1.27 bits per heavy atom. The summed E-state index contributed by atoms with van der Waals surface area (Å²) in [6.07, 6.45) is -1.17. The molecule has 126 valence electrons. The molecule has 0 aromatic heterocycles. The van der Waals surface area contributed by atoms with Gasteiger partial charge in [0.1, 0.15) is 6.10 Å². The second-order valence-corrected chi connectivity index (χ2v) is 13.2. The van der Waals surface area contributed by atoms with Gasteiger partial charge < -0.3 is 18.9 Å². The monoisotopic (exact) mass is 330 g/mol. The molecule has 2 fully saturated rings. The van der Waals surface area contributed by atoms with Gasteiger partial charge >= 0.3 is 5.97 Å². The summed E-state index contributed by atoms with van der Waals surface area (Å²) in [7, 11) is -1.13. The van der Waals surface area contributed by atoms with Crippen LogP contribution in [0.1, 0.15) is 20.3 Å². The molecule has 22 heavy (non-hydrogen) atoms. The van der Waals surface area contributed by atoms with Crippen LogP contribution in [-0.4, -0.2) is 57.1 Å². The minimum absolute atomic E-state index is 0.285. The van der Waals surface area contributed by atoms with Crippen molar-refractivity contribution in [1.29, 1.82) is 0 Å². The fourth-order valence-corrected chi connectivity index (χ4v) is 3.85. The molecule has 0 saturated carbocycles. The van der Waals surface area contributed by atoms with Crippen molar-refractivity contribution in [2.45, 2.75) is 70.1 Å². The van der Waals surface area contributed by atoms with Gasteiger partial charge in [-0.15, -0.1) is 0 Å². The topological polar surface area (TPSA) is 71.1 Å². The molecule has 2 heterocycles. The van der Waals surface area contributed by atoms with E-state index in [4.69, 9.17) is 18.9 Å². The lowest BCUT2D eigenvalue weighted by atomic mass is 10.1. The summed E-state index contributed by atoms with van der Waals surface area (Å²) in [4.78, 5) is 23.5. The van der Waals surface area contributed by atoms with Gasteiger partial charge in [0.05, 0.1) is 6.61 Å². The van der Waals surface area contributed by atoms with Gasteiger partial charge in [0.15, 0.2) is 18.0 Å². The summed E-state index contributed by atoms with van der Waals surface area (Å²) in [5, 5.41) is 0. The molecule has 6 nitrogen and oxygen atoms in total. The number of esters is 1. The van der Waals surface area contributed by atoms with Gasteiger partial charge in [0, 0.05) is 14.7 Å². The fourth-order valence-electron chi connectivity index (χ4n) is 2.64. The molecule has 2 aliphatic heterocycles. The fraction of sp³-hybridized carbons (Fsp3) is 0.867. The number of ketones is 1. The van der Waals surface area contributed by atoms with Crippen LogP contribution in [0.25, 0.3) is 0 Å². The summed E-state index contributed by atoms with van der Waals surface area (Å²) < 4.78 is 22.0. The van der Waals surface area contributed by atoms with Crippen LogP contribution in [0.3, 0.4) is 0 Å². The highest BCUT2D eigenvalue weighted by molar-refractivity contribution is 6.76. The third-order valence-corrected chi connectivity index (χ3v) is 5.62. The predicted molar refractivity (Wildman–Crippen MR) is 82.3 cm³/mol. The molecule has 0 aromatic carbocycles. The van der Waals surface area contributed by atoms with Crippen molar-refractivity contribution in [3.05, 3.63) is 0 Å². The van der Waals surface area contributed by atoms with E-state index in [1.165, 1.54) is 0 Å². The molecule has 0 radical (unpaired) electrons. The Kier molecular flexibility index (Phi) is 5.11. The number of carbonyl (C=O) groups excluding carboxylic acids is 2. The summed E-state index contributed by atoms with van der Waals surface area (Å²) in [5.74, 6) is -2.19. The van der Waals surface area contributed by atoms with Crippen molar-refractivity contribution in [2.75, 3.05) is 13.2 Å². The highest BCUT2D eigenvalue weighted by atomic mass is 28.3. The van der Waals surface area contributed by atoms with E-state index in [0.717, 1.165) is 12.5 Å². The third-order valence-electron chi connectivity index (χ3n) is 3.77. The van der Waals surface area contributed by atoms with E-state index >= 15 is 0 Å². The van der Waals surface area contributed by atoms with Gasteiger partial charge in [-0.1, -0.05) is 25.7 Å². The van der Waals surface area contributed by atoms with Crippen molar-refractivity contribution >= 4 is 19.8 Å². The van der Waals surface area contributed by atoms with Crippen molar-refractivity contribution in [3.63, 3.8) is 0 Å². The minimum atomic E-state index is -1.13. The second kappa shape index (κ2) is 6.39. The second-order valence-electron chi connectivity index (χ2n) is 7.56. The first-order chi connectivity index (χ1) is 10.1. The van der Waals surface area contributed by atoms with Crippen LogP contribution in [0.4, 0.5) is 0 Å². The predicted octanol–water partition coefficient (Wildman–Crippen LogP) is 1.75. The number of cyclic esters (lactones) is 1. The molecule has 2 rings (SSSR count). The van der Waals surface area contributed by atoms with E-state index in [9.17, 15) is 9.59 Å². The molecule has 0 aromatic rings. The van der Waals surface area contributed by atoms with E-state index in [2.05, 4.69) is 19.6 Å². The summed E-state index contributed by atoms with van der Waals surface area (Å²) in [6.45, 7) is 11.2. The number of hydrogen-bond donors (Lipinski definition) is 0. The minimum Gasteiger partial charge on any atom is -0.450 e. The Labute approximate surface area is 132 Å². The van der Waals surface area contributed by atoms with E-state index in [0.29, 0.717) is 6.61 Å². The molecule has 0 N–H and O–H groups in total. The maximum Gasteiger partial charge on any atom is 0.378 e. The van der Waals surface area contributed by atoms with Crippen LogP contribution in [0.2, 0.25) is 25.7 Å². The SMILES string of the molecule is CC1(C)OCC(C2OC(=O)C(=O)C2OCCC[Si](C)(C)C)O1. The lowest BCUT2D eigenvalue weighted by molar-refractivity contribution is -0.168. The van der Waals surface area contributed by atoms with Crippen molar-refractivity contribution in [1.82, 2.24) is 0 Å². The zero-order chi connectivity index (χ0) is 16.5. The first-order valence-electron chi connectivity index (χ1n) is 7.77. The number of carbonyl (C=O) groups is 2. The van der Waals surface area contributed by atoms with E-state index < -0.39 is 43.9 Å². The van der Waals surface area contributed by atoms with Gasteiger partial charge in [-0.25, -0.2) is 4.79 Å². The van der Waals surface area contributed by atoms with Crippen molar-refractivity contribution < 1.29 is 28.5 Å². The lowest BCUT2D eigenvalue weighted by Gasteiger charge is -2.23.